The van der Waals surface area contributed by atoms with Gasteiger partial charge in [0.2, 0.25) is 0 Å². The van der Waals surface area contributed by atoms with Gasteiger partial charge in [0.05, 0.1) is 24.0 Å². The SMILES string of the molecule is COc1cc(N)c2ncccc2c1N(C)C. The Kier molecular flexibility index (Phi) is 2.56. The van der Waals surface area contributed by atoms with Gasteiger partial charge in [-0.1, -0.05) is 0 Å². The fourth-order valence-corrected chi connectivity index (χ4v) is 1.85. The van der Waals surface area contributed by atoms with E-state index in [1.807, 2.05) is 37.2 Å². The van der Waals surface area contributed by atoms with Gasteiger partial charge in [0, 0.05) is 31.7 Å². The molecule has 0 bridgehead atoms. The standard InChI is InChI=1S/C12H15N3O/c1-15(2)12-8-5-4-6-14-11(8)9(13)7-10(12)16-3/h4-7H,13H2,1-3H3. The van der Waals surface area contributed by atoms with E-state index in [9.17, 15) is 0 Å². The predicted octanol–water partition coefficient (Wildman–Crippen LogP) is 1.89. The summed E-state index contributed by atoms with van der Waals surface area (Å²) in [6, 6.07) is 5.70. The van der Waals surface area contributed by atoms with E-state index in [0.717, 1.165) is 22.3 Å². The van der Waals surface area contributed by atoms with Gasteiger partial charge in [0.25, 0.3) is 0 Å². The Labute approximate surface area is 94.6 Å². The lowest BCUT2D eigenvalue weighted by Crippen LogP contribution is -2.11. The highest BCUT2D eigenvalue weighted by molar-refractivity contribution is 6.01. The number of ether oxygens (including phenoxy) is 1. The number of benzene rings is 1. The topological polar surface area (TPSA) is 51.4 Å². The van der Waals surface area contributed by atoms with E-state index in [2.05, 4.69) is 4.98 Å². The van der Waals surface area contributed by atoms with E-state index in [4.69, 9.17) is 10.5 Å². The molecule has 0 saturated carbocycles. The molecule has 4 heteroatoms. The van der Waals surface area contributed by atoms with Crippen molar-refractivity contribution in [2.45, 2.75) is 0 Å². The van der Waals surface area contributed by atoms with Crippen LogP contribution in [0, 0.1) is 0 Å². The summed E-state index contributed by atoms with van der Waals surface area (Å²) in [5.74, 6) is 0.767. The average Bonchev–Trinajstić information content (AvgIpc) is 2.28. The number of rotatable bonds is 2. The molecule has 0 saturated heterocycles. The molecule has 0 aliphatic heterocycles. The Morgan fingerprint density at radius 2 is 2.12 bits per heavy atom. The zero-order chi connectivity index (χ0) is 11.7. The van der Waals surface area contributed by atoms with Crippen LogP contribution in [0.4, 0.5) is 11.4 Å². The molecule has 0 amide bonds. The van der Waals surface area contributed by atoms with E-state index in [1.165, 1.54) is 0 Å². The molecule has 0 fully saturated rings. The van der Waals surface area contributed by atoms with E-state index in [1.54, 1.807) is 13.3 Å². The fraction of sp³-hybridized carbons (Fsp3) is 0.250. The molecule has 0 radical (unpaired) electrons. The van der Waals surface area contributed by atoms with E-state index < -0.39 is 0 Å². The lowest BCUT2D eigenvalue weighted by molar-refractivity contribution is 0.416. The van der Waals surface area contributed by atoms with Crippen LogP contribution < -0.4 is 15.4 Å². The van der Waals surface area contributed by atoms with Crippen molar-refractivity contribution in [3.05, 3.63) is 24.4 Å². The van der Waals surface area contributed by atoms with Crippen LogP contribution in [0.15, 0.2) is 24.4 Å². The molecule has 0 atom stereocenters. The maximum atomic E-state index is 5.94. The first kappa shape index (κ1) is 10.5. The number of hydrogen-bond acceptors (Lipinski definition) is 4. The van der Waals surface area contributed by atoms with E-state index in [0.29, 0.717) is 5.69 Å². The Hall–Kier alpha value is -1.97. The molecule has 1 heterocycles. The lowest BCUT2D eigenvalue weighted by atomic mass is 10.1. The van der Waals surface area contributed by atoms with Crippen molar-refractivity contribution in [3.8, 4) is 5.75 Å². The third kappa shape index (κ3) is 1.52. The first-order chi connectivity index (χ1) is 7.65. The maximum absolute atomic E-state index is 5.94. The van der Waals surface area contributed by atoms with Gasteiger partial charge < -0.3 is 15.4 Å². The minimum Gasteiger partial charge on any atom is -0.494 e. The summed E-state index contributed by atoms with van der Waals surface area (Å²) in [4.78, 5) is 6.29. The van der Waals surface area contributed by atoms with Crippen molar-refractivity contribution < 1.29 is 4.74 Å². The average molecular weight is 217 g/mol. The summed E-state index contributed by atoms with van der Waals surface area (Å²) in [7, 11) is 5.59. The molecule has 0 unspecified atom stereocenters. The van der Waals surface area contributed by atoms with E-state index in [-0.39, 0.29) is 0 Å². The van der Waals surface area contributed by atoms with Crippen molar-refractivity contribution in [2.75, 3.05) is 31.8 Å². The normalized spacial score (nSPS) is 10.4. The molecule has 0 aliphatic carbocycles. The highest BCUT2D eigenvalue weighted by Crippen LogP contribution is 2.37. The second-order valence-electron chi connectivity index (χ2n) is 3.81. The second kappa shape index (κ2) is 3.89. The van der Waals surface area contributed by atoms with Gasteiger partial charge in [-0.3, -0.25) is 4.98 Å². The minimum atomic E-state index is 0.637. The van der Waals surface area contributed by atoms with E-state index >= 15 is 0 Å². The molecule has 1 aromatic carbocycles. The van der Waals surface area contributed by atoms with Crippen LogP contribution in [-0.4, -0.2) is 26.2 Å². The van der Waals surface area contributed by atoms with Crippen molar-refractivity contribution in [1.82, 2.24) is 4.98 Å². The predicted molar refractivity (Wildman–Crippen MR) is 67.0 cm³/mol. The number of nitrogen functional groups attached to an aromatic ring is 1. The second-order valence-corrected chi connectivity index (χ2v) is 3.81. The summed E-state index contributed by atoms with van der Waals surface area (Å²) in [6.07, 6.45) is 1.74. The quantitative estimate of drug-likeness (QED) is 0.780. The Morgan fingerprint density at radius 1 is 1.38 bits per heavy atom. The molecule has 2 rings (SSSR count). The lowest BCUT2D eigenvalue weighted by Gasteiger charge is -2.19. The molecule has 0 aliphatic rings. The number of pyridine rings is 1. The first-order valence-corrected chi connectivity index (χ1v) is 5.03. The van der Waals surface area contributed by atoms with Gasteiger partial charge in [0.1, 0.15) is 5.75 Å². The number of hydrogen-bond donors (Lipinski definition) is 1. The summed E-state index contributed by atoms with van der Waals surface area (Å²) >= 11 is 0. The molecule has 16 heavy (non-hydrogen) atoms. The number of fused-ring (bicyclic) bond motifs is 1. The molecule has 0 spiro atoms. The minimum absolute atomic E-state index is 0.637. The highest BCUT2D eigenvalue weighted by atomic mass is 16.5. The molecule has 1 aromatic heterocycles. The van der Waals surface area contributed by atoms with Crippen LogP contribution in [0.5, 0.6) is 5.75 Å². The number of methoxy groups -OCH3 is 1. The summed E-state index contributed by atoms with van der Waals surface area (Å²) in [6.45, 7) is 0. The molecular weight excluding hydrogens is 202 g/mol. The molecule has 4 nitrogen and oxygen atoms in total. The third-order valence-corrected chi connectivity index (χ3v) is 2.52. The smallest absolute Gasteiger partial charge is 0.144 e. The molecule has 2 aromatic rings. The van der Waals surface area contributed by atoms with Gasteiger partial charge in [0.15, 0.2) is 0 Å². The third-order valence-electron chi connectivity index (χ3n) is 2.52. The summed E-state index contributed by atoms with van der Waals surface area (Å²) in [5.41, 5.74) is 8.39. The van der Waals surface area contributed by atoms with Crippen LogP contribution in [0.1, 0.15) is 0 Å². The Morgan fingerprint density at radius 3 is 2.75 bits per heavy atom. The van der Waals surface area contributed by atoms with Crippen molar-refractivity contribution in [3.63, 3.8) is 0 Å². The van der Waals surface area contributed by atoms with Gasteiger partial charge in [-0.15, -0.1) is 0 Å². The largest absolute Gasteiger partial charge is 0.494 e. The number of anilines is 2. The van der Waals surface area contributed by atoms with Gasteiger partial charge in [-0.05, 0) is 12.1 Å². The van der Waals surface area contributed by atoms with Crippen LogP contribution in [0.2, 0.25) is 0 Å². The van der Waals surface area contributed by atoms with Gasteiger partial charge in [-0.25, -0.2) is 0 Å². The monoisotopic (exact) mass is 217 g/mol. The summed E-state index contributed by atoms with van der Waals surface area (Å²) in [5, 5.41) is 1.00. The van der Waals surface area contributed by atoms with Crippen molar-refractivity contribution >= 4 is 22.3 Å². The van der Waals surface area contributed by atoms with Gasteiger partial charge in [-0.2, -0.15) is 0 Å². The first-order valence-electron chi connectivity index (χ1n) is 5.03. The van der Waals surface area contributed by atoms with Crippen molar-refractivity contribution in [1.29, 1.82) is 0 Å². The van der Waals surface area contributed by atoms with Crippen LogP contribution >= 0.6 is 0 Å². The zero-order valence-electron chi connectivity index (χ0n) is 9.69. The number of nitrogens with zero attached hydrogens (tertiary/aromatic N) is 2. The Balaban J connectivity index is 2.87. The van der Waals surface area contributed by atoms with Crippen LogP contribution in [0.25, 0.3) is 10.9 Å². The highest BCUT2D eigenvalue weighted by Gasteiger charge is 2.13. The number of nitrogens with two attached hydrogens (primary N) is 1. The number of aromatic nitrogens is 1. The maximum Gasteiger partial charge on any atom is 0.144 e. The van der Waals surface area contributed by atoms with Crippen LogP contribution in [-0.2, 0) is 0 Å². The zero-order valence-corrected chi connectivity index (χ0v) is 9.69. The fourth-order valence-electron chi connectivity index (χ4n) is 1.85. The molecule has 2 N–H and O–H groups in total. The molecular formula is C12H15N3O. The van der Waals surface area contributed by atoms with Gasteiger partial charge >= 0.3 is 0 Å². The molecule has 84 valence electrons. The van der Waals surface area contributed by atoms with Crippen molar-refractivity contribution in [2.24, 2.45) is 0 Å². The summed E-state index contributed by atoms with van der Waals surface area (Å²) < 4.78 is 5.35. The Bertz CT molecular complexity index is 523. The van der Waals surface area contributed by atoms with Crippen LogP contribution in [0.3, 0.4) is 0 Å².